The maximum atomic E-state index is 12.2. The lowest BCUT2D eigenvalue weighted by Gasteiger charge is -2.28. The van der Waals surface area contributed by atoms with Gasteiger partial charge < -0.3 is 15.0 Å². The monoisotopic (exact) mass is 325 g/mol. The fourth-order valence-electron chi connectivity index (χ4n) is 2.59. The smallest absolute Gasteiger partial charge is 0.410 e. The number of thiazole rings is 1. The minimum atomic E-state index is -0.430. The number of nitrogens with zero attached hydrogens (tertiary/aromatic N) is 2. The van der Waals surface area contributed by atoms with Crippen LogP contribution in [0.3, 0.4) is 0 Å². The Morgan fingerprint density at radius 1 is 1.55 bits per heavy atom. The van der Waals surface area contributed by atoms with Crippen molar-refractivity contribution in [2.24, 2.45) is 0 Å². The maximum Gasteiger partial charge on any atom is 0.410 e. The predicted octanol–water partition coefficient (Wildman–Crippen LogP) is 2.98. The van der Waals surface area contributed by atoms with Gasteiger partial charge in [-0.25, -0.2) is 9.78 Å². The van der Waals surface area contributed by atoms with Gasteiger partial charge in [-0.1, -0.05) is 0 Å². The van der Waals surface area contributed by atoms with Crippen molar-refractivity contribution in [2.45, 2.75) is 58.6 Å². The summed E-state index contributed by atoms with van der Waals surface area (Å²) in [6, 6.07) is 0.243. The summed E-state index contributed by atoms with van der Waals surface area (Å²) < 4.78 is 5.48. The molecule has 0 saturated carbocycles. The van der Waals surface area contributed by atoms with Crippen LogP contribution in [-0.4, -0.2) is 47.3 Å². The summed E-state index contributed by atoms with van der Waals surface area (Å²) in [6.45, 7) is 10.3. The molecule has 2 heterocycles. The number of amides is 1. The molecule has 0 radical (unpaired) electrons. The molecule has 1 amide bonds. The normalized spacial score (nSPS) is 18.7. The highest BCUT2D eigenvalue weighted by molar-refractivity contribution is 7.09. The van der Waals surface area contributed by atoms with Gasteiger partial charge >= 0.3 is 6.09 Å². The number of hydrogen-bond acceptors (Lipinski definition) is 5. The first-order chi connectivity index (χ1) is 10.3. The van der Waals surface area contributed by atoms with Crippen LogP contribution >= 0.6 is 11.3 Å². The Bertz CT molecular complexity index is 496. The highest BCUT2D eigenvalue weighted by Gasteiger charge is 2.31. The molecule has 0 bridgehead atoms. The van der Waals surface area contributed by atoms with Gasteiger partial charge in [0.2, 0.25) is 0 Å². The Balaban J connectivity index is 1.73. The standard InChI is InChI=1S/C16H27N3O2S/c1-12-11-22-14(18-12)7-8-17-10-13-6-5-9-19(13)15(20)21-16(2,3)4/h11,13,17H,5-10H2,1-4H3. The van der Waals surface area contributed by atoms with Gasteiger partial charge in [0, 0.05) is 43.2 Å². The number of aromatic nitrogens is 1. The third kappa shape index (κ3) is 5.25. The zero-order valence-electron chi connectivity index (χ0n) is 14.0. The first-order valence-corrected chi connectivity index (χ1v) is 8.84. The van der Waals surface area contributed by atoms with E-state index in [0.717, 1.165) is 44.6 Å². The van der Waals surface area contributed by atoms with Gasteiger partial charge in [0.25, 0.3) is 0 Å². The lowest BCUT2D eigenvalue weighted by atomic mass is 10.2. The van der Waals surface area contributed by atoms with Crippen LogP contribution in [0.5, 0.6) is 0 Å². The van der Waals surface area contributed by atoms with Crippen LogP contribution in [0.25, 0.3) is 0 Å². The third-order valence-electron chi connectivity index (χ3n) is 3.57. The number of carbonyl (C=O) groups excluding carboxylic acids is 1. The zero-order valence-corrected chi connectivity index (χ0v) is 14.8. The molecule has 6 heteroatoms. The van der Waals surface area contributed by atoms with Crippen LogP contribution in [0.4, 0.5) is 4.79 Å². The molecular formula is C16H27N3O2S. The first-order valence-electron chi connectivity index (χ1n) is 7.96. The van der Waals surface area contributed by atoms with Crippen molar-refractivity contribution < 1.29 is 9.53 Å². The van der Waals surface area contributed by atoms with Crippen LogP contribution in [0.2, 0.25) is 0 Å². The van der Waals surface area contributed by atoms with E-state index in [4.69, 9.17) is 4.74 Å². The Labute approximate surface area is 137 Å². The second kappa shape index (κ2) is 7.42. The molecule has 5 nitrogen and oxygen atoms in total. The lowest BCUT2D eigenvalue weighted by molar-refractivity contribution is 0.0227. The molecule has 0 aliphatic carbocycles. The van der Waals surface area contributed by atoms with Gasteiger partial charge in [-0.2, -0.15) is 0 Å². The van der Waals surface area contributed by atoms with Crippen molar-refractivity contribution in [1.82, 2.24) is 15.2 Å². The van der Waals surface area contributed by atoms with Crippen LogP contribution in [0.15, 0.2) is 5.38 Å². The summed E-state index contributed by atoms with van der Waals surface area (Å²) in [5, 5.41) is 6.70. The average Bonchev–Trinajstić information content (AvgIpc) is 3.01. The molecule has 2 rings (SSSR count). The predicted molar refractivity (Wildman–Crippen MR) is 89.4 cm³/mol. The largest absolute Gasteiger partial charge is 0.444 e. The van der Waals surface area contributed by atoms with Gasteiger partial charge in [0.1, 0.15) is 5.60 Å². The molecule has 1 N–H and O–H groups in total. The highest BCUT2D eigenvalue weighted by atomic mass is 32.1. The molecule has 1 unspecified atom stereocenters. The lowest BCUT2D eigenvalue weighted by Crippen LogP contribution is -2.44. The van der Waals surface area contributed by atoms with E-state index in [9.17, 15) is 4.79 Å². The minimum absolute atomic E-state index is 0.188. The molecule has 1 aliphatic heterocycles. The molecule has 0 spiro atoms. The van der Waals surface area contributed by atoms with E-state index < -0.39 is 5.60 Å². The Kier molecular flexibility index (Phi) is 5.81. The Morgan fingerprint density at radius 3 is 2.95 bits per heavy atom. The summed E-state index contributed by atoms with van der Waals surface area (Å²) in [5.74, 6) is 0. The number of likely N-dealkylation sites (tertiary alicyclic amines) is 1. The average molecular weight is 325 g/mol. The molecule has 0 aromatic carbocycles. The van der Waals surface area contributed by atoms with E-state index in [0.29, 0.717) is 0 Å². The topological polar surface area (TPSA) is 54.5 Å². The maximum absolute atomic E-state index is 12.2. The summed E-state index contributed by atoms with van der Waals surface area (Å²) in [4.78, 5) is 18.5. The van der Waals surface area contributed by atoms with Crippen molar-refractivity contribution >= 4 is 17.4 Å². The Hall–Kier alpha value is -1.14. The van der Waals surface area contributed by atoms with Crippen LogP contribution in [0, 0.1) is 6.92 Å². The summed E-state index contributed by atoms with van der Waals surface area (Å²) >= 11 is 1.71. The Morgan fingerprint density at radius 2 is 2.32 bits per heavy atom. The zero-order chi connectivity index (χ0) is 16.2. The molecule has 1 aliphatic rings. The number of rotatable bonds is 5. The second-order valence-corrected chi connectivity index (χ2v) is 7.75. The van der Waals surface area contributed by atoms with Gasteiger partial charge in [-0.15, -0.1) is 11.3 Å². The van der Waals surface area contributed by atoms with Crippen molar-refractivity contribution in [2.75, 3.05) is 19.6 Å². The van der Waals surface area contributed by atoms with Crippen molar-refractivity contribution in [3.8, 4) is 0 Å². The summed E-state index contributed by atoms with van der Waals surface area (Å²) in [6.07, 6.45) is 2.85. The summed E-state index contributed by atoms with van der Waals surface area (Å²) in [5.41, 5.74) is 0.660. The molecule has 1 fully saturated rings. The number of aryl methyl sites for hydroxylation is 1. The molecule has 1 aromatic heterocycles. The van der Waals surface area contributed by atoms with Gasteiger partial charge in [-0.3, -0.25) is 0 Å². The second-order valence-electron chi connectivity index (χ2n) is 6.81. The van der Waals surface area contributed by atoms with Crippen LogP contribution in [-0.2, 0) is 11.2 Å². The molecule has 22 heavy (non-hydrogen) atoms. The molecule has 124 valence electrons. The summed E-state index contributed by atoms with van der Waals surface area (Å²) in [7, 11) is 0. The van der Waals surface area contributed by atoms with Crippen LogP contribution in [0.1, 0.15) is 44.3 Å². The van der Waals surface area contributed by atoms with Gasteiger partial charge in [0.05, 0.1) is 5.01 Å². The number of hydrogen-bond donors (Lipinski definition) is 1. The number of carbonyl (C=O) groups is 1. The highest BCUT2D eigenvalue weighted by Crippen LogP contribution is 2.20. The van der Waals surface area contributed by atoms with E-state index in [1.807, 2.05) is 32.6 Å². The fourth-order valence-corrected chi connectivity index (χ4v) is 3.37. The molecular weight excluding hydrogens is 298 g/mol. The number of nitrogens with one attached hydrogen (secondary N) is 1. The quantitative estimate of drug-likeness (QED) is 0.846. The van der Waals surface area contributed by atoms with E-state index in [-0.39, 0.29) is 12.1 Å². The fraction of sp³-hybridized carbons (Fsp3) is 0.750. The van der Waals surface area contributed by atoms with Crippen molar-refractivity contribution in [1.29, 1.82) is 0 Å². The van der Waals surface area contributed by atoms with E-state index >= 15 is 0 Å². The molecule has 1 aromatic rings. The van der Waals surface area contributed by atoms with E-state index in [1.54, 1.807) is 11.3 Å². The van der Waals surface area contributed by atoms with E-state index in [2.05, 4.69) is 15.7 Å². The molecule has 1 atom stereocenters. The molecule has 1 saturated heterocycles. The van der Waals surface area contributed by atoms with Crippen molar-refractivity contribution in [3.05, 3.63) is 16.1 Å². The number of ether oxygens (including phenoxy) is 1. The first kappa shape index (κ1) is 17.2. The van der Waals surface area contributed by atoms with Crippen LogP contribution < -0.4 is 5.32 Å². The van der Waals surface area contributed by atoms with Crippen molar-refractivity contribution in [3.63, 3.8) is 0 Å². The van der Waals surface area contributed by atoms with E-state index in [1.165, 1.54) is 5.01 Å². The SMILES string of the molecule is Cc1csc(CCNCC2CCCN2C(=O)OC(C)(C)C)n1. The third-order valence-corrected chi connectivity index (χ3v) is 4.59. The van der Waals surface area contributed by atoms with Gasteiger partial charge in [-0.05, 0) is 40.5 Å². The minimum Gasteiger partial charge on any atom is -0.444 e. The van der Waals surface area contributed by atoms with Gasteiger partial charge in [0.15, 0.2) is 0 Å².